The number of halogens is 1. The summed E-state index contributed by atoms with van der Waals surface area (Å²) in [7, 11) is 0. The highest BCUT2D eigenvalue weighted by Crippen LogP contribution is 2.32. The molecule has 0 spiro atoms. The Morgan fingerprint density at radius 1 is 1.44 bits per heavy atom. The van der Waals surface area contributed by atoms with E-state index < -0.39 is 0 Å². The summed E-state index contributed by atoms with van der Waals surface area (Å²) in [5.41, 5.74) is 8.23. The van der Waals surface area contributed by atoms with Crippen LogP contribution in [0.15, 0.2) is 18.2 Å². The second-order valence-corrected chi connectivity index (χ2v) is 4.54. The molecule has 16 heavy (non-hydrogen) atoms. The second-order valence-electron chi connectivity index (χ2n) is 4.54. The summed E-state index contributed by atoms with van der Waals surface area (Å²) >= 11 is 0. The van der Waals surface area contributed by atoms with Gasteiger partial charge in [0.05, 0.1) is 6.61 Å². The first-order valence-corrected chi connectivity index (χ1v) is 5.66. The summed E-state index contributed by atoms with van der Waals surface area (Å²) in [5, 5.41) is 0. The molecule has 1 unspecified atom stereocenters. The smallest absolute Gasteiger partial charge is 0.126 e. The van der Waals surface area contributed by atoms with Crippen LogP contribution in [0.4, 0.5) is 0 Å². The lowest BCUT2D eigenvalue weighted by molar-refractivity contribution is 0.293. The lowest BCUT2D eigenvalue weighted by Crippen LogP contribution is -2.10. The van der Waals surface area contributed by atoms with Crippen LogP contribution in [-0.4, -0.2) is 6.61 Å². The van der Waals surface area contributed by atoms with Crippen molar-refractivity contribution >= 4 is 12.4 Å². The molecule has 1 aromatic carbocycles. The van der Waals surface area contributed by atoms with Crippen LogP contribution in [0, 0.1) is 12.8 Å². The van der Waals surface area contributed by atoms with Gasteiger partial charge in [0.1, 0.15) is 5.75 Å². The van der Waals surface area contributed by atoms with Gasteiger partial charge in [-0.1, -0.05) is 18.2 Å². The lowest BCUT2D eigenvalue weighted by atomic mass is 10.0. The van der Waals surface area contributed by atoms with E-state index in [0.717, 1.165) is 23.8 Å². The third-order valence-corrected chi connectivity index (χ3v) is 2.89. The number of ether oxygens (including phenoxy) is 1. The molecule has 0 bridgehead atoms. The zero-order valence-electron chi connectivity index (χ0n) is 9.90. The summed E-state index contributed by atoms with van der Waals surface area (Å²) in [6.45, 7) is 4.93. The predicted octanol–water partition coefficient (Wildman–Crippen LogP) is 3.23. The normalized spacial score (nSPS) is 16.4. The zero-order valence-corrected chi connectivity index (χ0v) is 10.7. The van der Waals surface area contributed by atoms with Crippen molar-refractivity contribution in [2.45, 2.75) is 32.7 Å². The van der Waals surface area contributed by atoms with Gasteiger partial charge in [0.2, 0.25) is 0 Å². The fraction of sp³-hybridized carbons (Fsp3) is 0.538. The van der Waals surface area contributed by atoms with Crippen LogP contribution in [0.25, 0.3) is 0 Å². The van der Waals surface area contributed by atoms with Crippen LogP contribution in [0.2, 0.25) is 0 Å². The Morgan fingerprint density at radius 3 is 2.69 bits per heavy atom. The Labute approximate surface area is 104 Å². The van der Waals surface area contributed by atoms with E-state index in [1.165, 1.54) is 18.4 Å². The van der Waals surface area contributed by atoms with E-state index in [4.69, 9.17) is 10.5 Å². The molecule has 2 N–H and O–H groups in total. The summed E-state index contributed by atoms with van der Waals surface area (Å²) < 4.78 is 5.87. The molecule has 0 heterocycles. The lowest BCUT2D eigenvalue weighted by Gasteiger charge is -2.16. The molecule has 1 atom stereocenters. The predicted molar refractivity (Wildman–Crippen MR) is 69.2 cm³/mol. The van der Waals surface area contributed by atoms with Gasteiger partial charge in [-0.2, -0.15) is 0 Å². The first kappa shape index (κ1) is 13.3. The summed E-state index contributed by atoms with van der Waals surface area (Å²) in [6, 6.07) is 6.21. The maximum atomic E-state index is 5.93. The highest BCUT2D eigenvalue weighted by atomic mass is 35.5. The Balaban J connectivity index is 0.00000128. The quantitative estimate of drug-likeness (QED) is 0.879. The number of benzene rings is 1. The van der Waals surface area contributed by atoms with Crippen molar-refractivity contribution < 1.29 is 4.74 Å². The van der Waals surface area contributed by atoms with Gasteiger partial charge >= 0.3 is 0 Å². The maximum absolute atomic E-state index is 5.93. The van der Waals surface area contributed by atoms with E-state index in [0.29, 0.717) is 0 Å². The van der Waals surface area contributed by atoms with Gasteiger partial charge in [-0.15, -0.1) is 12.4 Å². The molecule has 0 saturated heterocycles. The van der Waals surface area contributed by atoms with Gasteiger partial charge in [0.25, 0.3) is 0 Å². The molecule has 1 aliphatic rings. The molecule has 0 amide bonds. The highest BCUT2D eigenvalue weighted by Gasteiger charge is 2.23. The Morgan fingerprint density at radius 2 is 2.12 bits per heavy atom. The van der Waals surface area contributed by atoms with Crippen LogP contribution in [-0.2, 0) is 0 Å². The molecule has 1 aromatic rings. The van der Waals surface area contributed by atoms with E-state index >= 15 is 0 Å². The fourth-order valence-corrected chi connectivity index (χ4v) is 1.72. The van der Waals surface area contributed by atoms with Crippen molar-refractivity contribution in [3.8, 4) is 5.75 Å². The molecule has 2 nitrogen and oxygen atoms in total. The van der Waals surface area contributed by atoms with Crippen molar-refractivity contribution in [2.75, 3.05) is 6.61 Å². The standard InChI is InChI=1S/C13H19NO.ClH/c1-9-4-3-5-12(10(2)14)13(9)15-8-11-6-7-11;/h3-5,10-11H,6-8,14H2,1-2H3;1H. The van der Waals surface area contributed by atoms with Gasteiger partial charge in [-0.25, -0.2) is 0 Å². The van der Waals surface area contributed by atoms with Crippen molar-refractivity contribution in [3.63, 3.8) is 0 Å². The second kappa shape index (κ2) is 5.55. The molecule has 0 aliphatic heterocycles. The first-order valence-electron chi connectivity index (χ1n) is 5.66. The average molecular weight is 242 g/mol. The Hall–Kier alpha value is -0.730. The molecule has 3 heteroatoms. The number of hydrogen-bond acceptors (Lipinski definition) is 2. The minimum absolute atomic E-state index is 0. The van der Waals surface area contributed by atoms with Crippen LogP contribution < -0.4 is 10.5 Å². The molecule has 1 saturated carbocycles. The van der Waals surface area contributed by atoms with Crippen LogP contribution in [0.5, 0.6) is 5.75 Å². The fourth-order valence-electron chi connectivity index (χ4n) is 1.72. The van der Waals surface area contributed by atoms with E-state index in [-0.39, 0.29) is 18.4 Å². The SMILES string of the molecule is Cc1cccc(C(C)N)c1OCC1CC1.Cl. The Kier molecular flexibility index (Phi) is 4.63. The van der Waals surface area contributed by atoms with Crippen LogP contribution in [0.1, 0.15) is 36.9 Å². The van der Waals surface area contributed by atoms with Gasteiger partial charge in [0, 0.05) is 11.6 Å². The van der Waals surface area contributed by atoms with Crippen LogP contribution >= 0.6 is 12.4 Å². The molecular weight excluding hydrogens is 222 g/mol. The maximum Gasteiger partial charge on any atom is 0.126 e. The average Bonchev–Trinajstić information content (AvgIpc) is 2.99. The first-order chi connectivity index (χ1) is 7.18. The molecule has 90 valence electrons. The summed E-state index contributed by atoms with van der Waals surface area (Å²) in [5.74, 6) is 1.78. The molecule has 0 aromatic heterocycles. The number of para-hydroxylation sites is 1. The van der Waals surface area contributed by atoms with Crippen LogP contribution in [0.3, 0.4) is 0 Å². The third kappa shape index (κ3) is 3.13. The highest BCUT2D eigenvalue weighted by molar-refractivity contribution is 5.85. The van der Waals surface area contributed by atoms with Crippen molar-refractivity contribution in [1.82, 2.24) is 0 Å². The van der Waals surface area contributed by atoms with Gasteiger partial charge < -0.3 is 10.5 Å². The topological polar surface area (TPSA) is 35.2 Å². The molecule has 0 radical (unpaired) electrons. The molecule has 1 aliphatic carbocycles. The zero-order chi connectivity index (χ0) is 10.8. The minimum Gasteiger partial charge on any atom is -0.493 e. The van der Waals surface area contributed by atoms with Crippen molar-refractivity contribution in [1.29, 1.82) is 0 Å². The minimum atomic E-state index is 0. The number of rotatable bonds is 4. The van der Waals surface area contributed by atoms with Crippen molar-refractivity contribution in [3.05, 3.63) is 29.3 Å². The van der Waals surface area contributed by atoms with Crippen molar-refractivity contribution in [2.24, 2.45) is 11.7 Å². The summed E-state index contributed by atoms with van der Waals surface area (Å²) in [6.07, 6.45) is 2.64. The Bertz CT molecular complexity index is 348. The summed E-state index contributed by atoms with van der Waals surface area (Å²) in [4.78, 5) is 0. The van der Waals surface area contributed by atoms with Gasteiger partial charge in [0.15, 0.2) is 0 Å². The molecule has 1 fully saturated rings. The van der Waals surface area contributed by atoms with Gasteiger partial charge in [-0.05, 0) is 38.2 Å². The largest absolute Gasteiger partial charge is 0.493 e. The van der Waals surface area contributed by atoms with E-state index in [1.807, 2.05) is 13.0 Å². The van der Waals surface area contributed by atoms with E-state index in [1.54, 1.807) is 0 Å². The number of nitrogens with two attached hydrogens (primary N) is 1. The van der Waals surface area contributed by atoms with Gasteiger partial charge in [-0.3, -0.25) is 0 Å². The van der Waals surface area contributed by atoms with E-state index in [9.17, 15) is 0 Å². The monoisotopic (exact) mass is 241 g/mol. The number of hydrogen-bond donors (Lipinski definition) is 1. The number of aryl methyl sites for hydroxylation is 1. The third-order valence-electron chi connectivity index (χ3n) is 2.89. The van der Waals surface area contributed by atoms with E-state index in [2.05, 4.69) is 19.1 Å². The molecular formula is C13H20ClNO. The molecule has 2 rings (SSSR count).